The first-order valence-corrected chi connectivity index (χ1v) is 29.9. The average molecular weight is 1150 g/mol. The van der Waals surface area contributed by atoms with Crippen LogP contribution in [0.1, 0.15) is 22.3 Å². The molecular formula is C81H56N4O4. The van der Waals surface area contributed by atoms with Crippen LogP contribution < -0.4 is 22.2 Å². The van der Waals surface area contributed by atoms with Crippen molar-refractivity contribution in [2.24, 2.45) is 28.2 Å². The highest BCUT2D eigenvalue weighted by molar-refractivity contribution is 6.10. The van der Waals surface area contributed by atoms with Crippen molar-refractivity contribution in [2.75, 3.05) is 0 Å². The van der Waals surface area contributed by atoms with Gasteiger partial charge in [-0.3, -0.25) is 19.2 Å². The smallest absolute Gasteiger partial charge is 0.258 e. The predicted molar refractivity (Wildman–Crippen MR) is 368 cm³/mol. The molecule has 0 aliphatic heterocycles. The number of pyridine rings is 4. The van der Waals surface area contributed by atoms with Crippen molar-refractivity contribution >= 4 is 86.7 Å². The van der Waals surface area contributed by atoms with Gasteiger partial charge in [0.2, 0.25) is 0 Å². The molecule has 0 fully saturated rings. The summed E-state index contributed by atoms with van der Waals surface area (Å²) >= 11 is 0. The van der Waals surface area contributed by atoms with Gasteiger partial charge in [-0.15, -0.1) is 0 Å². The fourth-order valence-electron chi connectivity index (χ4n) is 14.3. The van der Waals surface area contributed by atoms with Crippen molar-refractivity contribution in [3.8, 4) is 44.5 Å². The summed E-state index contributed by atoms with van der Waals surface area (Å²) in [5.41, 5.74) is 15.0. The standard InChI is InChI=1S/C81H56N4O4/c1-82-73-41-29-53(45-69(73)61-13-5-9-17-65(61)77(82)86)49-21-33-57(34-22-49)81(58-35-23-50(24-36-58)54-30-42-74-70(46-54)62-14-6-10-18-66(62)78(87)83(74)2,59-37-25-51(26-38-59)55-31-43-75-71(47-55)63-15-7-11-19-67(63)79(88)84(75)3)60-39-27-52(28-40-60)56-32-44-76-72(48-56)64-16-8-12-20-68(64)80(89)85(76)4/h5-48H,1-4H3. The molecule has 0 saturated heterocycles. The van der Waals surface area contributed by atoms with E-state index < -0.39 is 5.41 Å². The Hall–Kier alpha value is -11.5. The number of benzene rings is 12. The summed E-state index contributed by atoms with van der Waals surface area (Å²) < 4.78 is 6.96. The molecule has 4 heterocycles. The minimum atomic E-state index is -0.903. The van der Waals surface area contributed by atoms with Gasteiger partial charge in [-0.25, -0.2) is 0 Å². The second-order valence-corrected chi connectivity index (χ2v) is 23.6. The van der Waals surface area contributed by atoms with Crippen LogP contribution >= 0.6 is 0 Å². The molecule has 0 saturated carbocycles. The normalized spacial score (nSPS) is 12.0. The molecule has 0 bridgehead atoms. The van der Waals surface area contributed by atoms with E-state index in [0.29, 0.717) is 21.5 Å². The summed E-state index contributed by atoms with van der Waals surface area (Å²) in [5.74, 6) is 0. The lowest BCUT2D eigenvalue weighted by Crippen LogP contribution is -2.31. The number of hydrogen-bond acceptors (Lipinski definition) is 4. The zero-order valence-electron chi connectivity index (χ0n) is 49.3. The number of aryl methyl sites for hydroxylation is 4. The summed E-state index contributed by atoms with van der Waals surface area (Å²) in [7, 11) is 7.36. The minimum absolute atomic E-state index is 0.0207. The molecule has 0 unspecified atom stereocenters. The Morgan fingerprint density at radius 3 is 0.584 bits per heavy atom. The largest absolute Gasteiger partial charge is 0.311 e. The number of nitrogens with zero attached hydrogens (tertiary/aromatic N) is 4. The molecule has 0 atom stereocenters. The number of fused-ring (bicyclic) bond motifs is 12. The lowest BCUT2D eigenvalue weighted by molar-refractivity contribution is 0.745. The second kappa shape index (κ2) is 20.3. The highest BCUT2D eigenvalue weighted by Crippen LogP contribution is 2.48. The van der Waals surface area contributed by atoms with Crippen LogP contribution in [0.15, 0.2) is 286 Å². The zero-order valence-corrected chi connectivity index (χ0v) is 49.3. The highest BCUT2D eigenvalue weighted by Gasteiger charge is 2.39. The maximum absolute atomic E-state index is 13.5. The first-order valence-electron chi connectivity index (χ1n) is 29.9. The summed E-state index contributed by atoms with van der Waals surface area (Å²) in [6.07, 6.45) is 0. The molecule has 0 radical (unpaired) electrons. The molecule has 89 heavy (non-hydrogen) atoms. The third-order valence-corrected chi connectivity index (χ3v) is 19.0. The van der Waals surface area contributed by atoms with Gasteiger partial charge in [0.15, 0.2) is 0 Å². The van der Waals surface area contributed by atoms with Crippen molar-refractivity contribution in [2.45, 2.75) is 5.41 Å². The molecular weight excluding hydrogens is 1090 g/mol. The van der Waals surface area contributed by atoms with Crippen LogP contribution in [0.2, 0.25) is 0 Å². The van der Waals surface area contributed by atoms with Crippen molar-refractivity contribution in [3.05, 3.63) is 331 Å². The quantitative estimate of drug-likeness (QED) is 0.112. The van der Waals surface area contributed by atoms with Crippen LogP contribution in [0.4, 0.5) is 0 Å². The van der Waals surface area contributed by atoms with E-state index in [2.05, 4.69) is 170 Å². The monoisotopic (exact) mass is 1150 g/mol. The fraction of sp³-hybridized carbons (Fsp3) is 0.0617. The van der Waals surface area contributed by atoms with Gasteiger partial charge in [-0.05, 0) is 161 Å². The number of hydrogen-bond donors (Lipinski definition) is 0. The minimum Gasteiger partial charge on any atom is -0.311 e. The summed E-state index contributed by atoms with van der Waals surface area (Å²) in [6, 6.07) is 92.7. The Kier molecular flexibility index (Phi) is 12.1. The van der Waals surface area contributed by atoms with Crippen LogP contribution in [0, 0.1) is 0 Å². The molecule has 16 rings (SSSR count). The second-order valence-electron chi connectivity index (χ2n) is 23.6. The van der Waals surface area contributed by atoms with Crippen molar-refractivity contribution in [1.29, 1.82) is 0 Å². The first-order chi connectivity index (χ1) is 43.4. The molecule has 0 spiro atoms. The summed E-state index contributed by atoms with van der Waals surface area (Å²) in [4.78, 5) is 54.1. The Morgan fingerprint density at radius 2 is 0.382 bits per heavy atom. The number of aromatic nitrogens is 4. The Labute approximate surface area is 510 Å². The molecule has 0 N–H and O–H groups in total. The van der Waals surface area contributed by atoms with E-state index >= 15 is 0 Å². The average Bonchev–Trinajstić information content (AvgIpc) is 3.22. The maximum atomic E-state index is 13.5. The van der Waals surface area contributed by atoms with Gasteiger partial charge in [0.25, 0.3) is 22.2 Å². The van der Waals surface area contributed by atoms with E-state index in [0.717, 1.165) is 132 Å². The van der Waals surface area contributed by atoms with E-state index in [9.17, 15) is 19.2 Å². The van der Waals surface area contributed by atoms with Gasteiger partial charge in [0.05, 0.1) is 27.5 Å². The van der Waals surface area contributed by atoms with Gasteiger partial charge in [-0.1, -0.05) is 194 Å². The molecule has 0 aliphatic carbocycles. The lowest BCUT2D eigenvalue weighted by atomic mass is 9.64. The van der Waals surface area contributed by atoms with E-state index in [1.165, 1.54) is 0 Å². The molecule has 0 amide bonds. The zero-order chi connectivity index (χ0) is 60.4. The van der Waals surface area contributed by atoms with Gasteiger partial charge < -0.3 is 18.3 Å². The van der Waals surface area contributed by atoms with Gasteiger partial charge in [0.1, 0.15) is 0 Å². The van der Waals surface area contributed by atoms with Crippen molar-refractivity contribution in [1.82, 2.24) is 18.3 Å². The SMILES string of the molecule is Cn1c(=O)c2ccccc2c2cc(-c3ccc(C(c4ccc(-c5ccc6c(c5)c5ccccc5c(=O)n6C)cc4)(c4ccc(-c5ccc6c(c5)c5ccccc5c(=O)n6C)cc4)c4ccc(-c5ccc6c(c5)c5ccccc5c(=O)n6C)cc4)cc3)ccc21. The van der Waals surface area contributed by atoms with Crippen molar-refractivity contribution in [3.63, 3.8) is 0 Å². The van der Waals surface area contributed by atoms with E-state index in [-0.39, 0.29) is 22.2 Å². The molecule has 16 aromatic rings. The van der Waals surface area contributed by atoms with E-state index in [1.807, 2.05) is 125 Å². The first kappa shape index (κ1) is 53.0. The van der Waals surface area contributed by atoms with Crippen LogP contribution in [-0.4, -0.2) is 18.3 Å². The molecule has 12 aromatic carbocycles. The van der Waals surface area contributed by atoms with Crippen LogP contribution in [-0.2, 0) is 33.6 Å². The highest BCUT2D eigenvalue weighted by atomic mass is 16.1. The predicted octanol–water partition coefficient (Wildman–Crippen LogP) is 16.8. The molecule has 4 aromatic heterocycles. The van der Waals surface area contributed by atoms with Crippen LogP contribution in [0.25, 0.3) is 131 Å². The molecule has 8 nitrogen and oxygen atoms in total. The van der Waals surface area contributed by atoms with E-state index in [4.69, 9.17) is 0 Å². The van der Waals surface area contributed by atoms with Crippen LogP contribution in [0.3, 0.4) is 0 Å². The summed E-state index contributed by atoms with van der Waals surface area (Å²) in [6.45, 7) is 0. The van der Waals surface area contributed by atoms with Crippen molar-refractivity contribution < 1.29 is 0 Å². The Balaban J connectivity index is 0.903. The van der Waals surface area contributed by atoms with Gasteiger partial charge in [0, 0.05) is 71.3 Å². The Morgan fingerprint density at radius 1 is 0.202 bits per heavy atom. The van der Waals surface area contributed by atoms with Crippen LogP contribution in [0.5, 0.6) is 0 Å². The summed E-state index contributed by atoms with van der Waals surface area (Å²) in [5, 5.41) is 10.5. The Bertz CT molecular complexity index is 5180. The van der Waals surface area contributed by atoms with E-state index in [1.54, 1.807) is 18.3 Å². The lowest BCUT2D eigenvalue weighted by Gasteiger charge is -2.37. The number of rotatable bonds is 8. The third-order valence-electron chi connectivity index (χ3n) is 19.0. The fourth-order valence-corrected chi connectivity index (χ4v) is 14.3. The molecule has 0 aliphatic rings. The van der Waals surface area contributed by atoms with Gasteiger partial charge in [-0.2, -0.15) is 0 Å². The third kappa shape index (κ3) is 8.14. The molecule has 8 heteroatoms. The maximum Gasteiger partial charge on any atom is 0.258 e. The topological polar surface area (TPSA) is 88.0 Å². The van der Waals surface area contributed by atoms with Gasteiger partial charge >= 0.3 is 0 Å². The molecule has 424 valence electrons.